The van der Waals surface area contributed by atoms with E-state index in [9.17, 15) is 14.3 Å². The van der Waals surface area contributed by atoms with Crippen LogP contribution >= 0.6 is 0 Å². The van der Waals surface area contributed by atoms with Gasteiger partial charge in [0.15, 0.2) is 0 Å². The minimum Gasteiger partial charge on any atom is -0.478 e. The van der Waals surface area contributed by atoms with E-state index in [0.29, 0.717) is 17.6 Å². The van der Waals surface area contributed by atoms with Crippen molar-refractivity contribution in [2.45, 2.75) is 47.1 Å². The van der Waals surface area contributed by atoms with Gasteiger partial charge in [0.1, 0.15) is 5.82 Å². The predicted molar refractivity (Wildman–Crippen MR) is 106 cm³/mol. The van der Waals surface area contributed by atoms with Gasteiger partial charge in [0.2, 0.25) is 0 Å². The molecule has 2 aromatic rings. The summed E-state index contributed by atoms with van der Waals surface area (Å²) in [6.45, 7) is 9.66. The molecule has 0 saturated carbocycles. The molecule has 0 saturated heterocycles. The van der Waals surface area contributed by atoms with Gasteiger partial charge in [-0.05, 0) is 80.6 Å². The van der Waals surface area contributed by atoms with E-state index in [2.05, 4.69) is 5.32 Å². The molecule has 0 heterocycles. The molecule has 26 heavy (non-hydrogen) atoms. The molecule has 4 heteroatoms. The van der Waals surface area contributed by atoms with E-state index >= 15 is 0 Å². The fraction of sp³-hybridized carbons (Fsp3) is 0.318. The summed E-state index contributed by atoms with van der Waals surface area (Å²) in [6.07, 6.45) is 2.15. The third-order valence-corrected chi connectivity index (χ3v) is 4.31. The highest BCUT2D eigenvalue weighted by Gasteiger charge is 2.12. The first-order valence-corrected chi connectivity index (χ1v) is 8.84. The average molecular weight is 355 g/mol. The molecule has 0 bridgehead atoms. The van der Waals surface area contributed by atoms with Crippen molar-refractivity contribution in [2.75, 3.05) is 5.32 Å². The first-order valence-electron chi connectivity index (χ1n) is 8.84. The van der Waals surface area contributed by atoms with E-state index in [4.69, 9.17) is 0 Å². The molecule has 138 valence electrons. The standard InChI is InChI=1S/C22H26FNO2/c1-6-16(22(25)26)11-17-9-15(5)20(10-14(17)4)19-8-7-18(12-21(19)23)24-13(2)3/h7-13,24H,6H2,1-5H3,(H,25,26)/b16-11+. The van der Waals surface area contributed by atoms with Gasteiger partial charge in [-0.1, -0.05) is 19.1 Å². The van der Waals surface area contributed by atoms with Crippen molar-refractivity contribution in [3.05, 3.63) is 58.4 Å². The van der Waals surface area contributed by atoms with E-state index in [1.807, 2.05) is 52.8 Å². The number of hydrogen-bond donors (Lipinski definition) is 2. The maximum atomic E-state index is 14.6. The summed E-state index contributed by atoms with van der Waals surface area (Å²) in [5, 5.41) is 12.4. The largest absolute Gasteiger partial charge is 0.478 e. The smallest absolute Gasteiger partial charge is 0.331 e. The number of benzene rings is 2. The number of nitrogens with one attached hydrogen (secondary N) is 1. The maximum absolute atomic E-state index is 14.6. The molecule has 0 aliphatic rings. The van der Waals surface area contributed by atoms with E-state index < -0.39 is 5.97 Å². The lowest BCUT2D eigenvalue weighted by Gasteiger charge is -2.14. The molecule has 0 atom stereocenters. The van der Waals surface area contributed by atoms with Crippen LogP contribution in [0.5, 0.6) is 0 Å². The van der Waals surface area contributed by atoms with Crippen LogP contribution in [-0.2, 0) is 4.79 Å². The van der Waals surface area contributed by atoms with Crippen molar-refractivity contribution >= 4 is 17.7 Å². The van der Waals surface area contributed by atoms with Crippen molar-refractivity contribution in [3.8, 4) is 11.1 Å². The quantitative estimate of drug-likeness (QED) is 0.643. The van der Waals surface area contributed by atoms with Gasteiger partial charge in [-0.3, -0.25) is 0 Å². The van der Waals surface area contributed by atoms with Crippen LogP contribution in [0.1, 0.15) is 43.9 Å². The number of rotatable bonds is 6. The van der Waals surface area contributed by atoms with Gasteiger partial charge in [0.05, 0.1) is 0 Å². The lowest BCUT2D eigenvalue weighted by molar-refractivity contribution is -0.132. The van der Waals surface area contributed by atoms with E-state index in [-0.39, 0.29) is 11.9 Å². The Balaban J connectivity index is 2.47. The minimum absolute atomic E-state index is 0.234. The van der Waals surface area contributed by atoms with Crippen LogP contribution in [0.2, 0.25) is 0 Å². The maximum Gasteiger partial charge on any atom is 0.331 e. The summed E-state index contributed by atoms with van der Waals surface area (Å²) in [6, 6.07) is 9.24. The Morgan fingerprint density at radius 1 is 1.15 bits per heavy atom. The fourth-order valence-electron chi connectivity index (χ4n) is 2.94. The van der Waals surface area contributed by atoms with Crippen LogP contribution < -0.4 is 5.32 Å². The fourth-order valence-corrected chi connectivity index (χ4v) is 2.94. The Bertz CT molecular complexity index is 853. The van der Waals surface area contributed by atoms with E-state index in [0.717, 1.165) is 27.9 Å². The highest BCUT2D eigenvalue weighted by atomic mass is 19.1. The third kappa shape index (κ3) is 4.51. The molecular weight excluding hydrogens is 329 g/mol. The monoisotopic (exact) mass is 355 g/mol. The van der Waals surface area contributed by atoms with Gasteiger partial charge in [0, 0.05) is 22.9 Å². The van der Waals surface area contributed by atoms with Crippen LogP contribution in [0.15, 0.2) is 35.9 Å². The van der Waals surface area contributed by atoms with E-state index in [1.54, 1.807) is 12.1 Å². The van der Waals surface area contributed by atoms with Crippen LogP contribution in [0.25, 0.3) is 17.2 Å². The molecule has 0 unspecified atom stereocenters. The number of aliphatic carboxylic acids is 1. The summed E-state index contributed by atoms with van der Waals surface area (Å²) < 4.78 is 14.6. The first-order chi connectivity index (χ1) is 12.2. The zero-order valence-corrected chi connectivity index (χ0v) is 16.0. The topological polar surface area (TPSA) is 49.3 Å². The number of carboxylic acid groups (broad SMARTS) is 1. The molecule has 2 N–H and O–H groups in total. The summed E-state index contributed by atoms with van der Waals surface area (Å²) in [4.78, 5) is 11.2. The molecule has 2 rings (SSSR count). The summed E-state index contributed by atoms with van der Waals surface area (Å²) >= 11 is 0. The molecule has 0 aromatic heterocycles. The number of hydrogen-bond acceptors (Lipinski definition) is 2. The molecular formula is C22H26FNO2. The Kier molecular flexibility index (Phi) is 6.19. The number of carboxylic acids is 1. The average Bonchev–Trinajstić information content (AvgIpc) is 2.55. The van der Waals surface area contributed by atoms with Gasteiger partial charge in [-0.15, -0.1) is 0 Å². The van der Waals surface area contributed by atoms with Crippen molar-refractivity contribution in [1.29, 1.82) is 0 Å². The zero-order valence-electron chi connectivity index (χ0n) is 16.0. The molecule has 0 aliphatic carbocycles. The Morgan fingerprint density at radius 2 is 1.85 bits per heavy atom. The second-order valence-electron chi connectivity index (χ2n) is 6.85. The van der Waals surface area contributed by atoms with Gasteiger partial charge < -0.3 is 10.4 Å². The Labute approximate surface area is 154 Å². The van der Waals surface area contributed by atoms with Gasteiger partial charge in [0.25, 0.3) is 0 Å². The second-order valence-corrected chi connectivity index (χ2v) is 6.85. The molecule has 0 fully saturated rings. The zero-order chi connectivity index (χ0) is 19.4. The minimum atomic E-state index is -0.909. The molecule has 0 radical (unpaired) electrons. The lowest BCUT2D eigenvalue weighted by Crippen LogP contribution is -2.09. The van der Waals surface area contributed by atoms with Crippen molar-refractivity contribution in [1.82, 2.24) is 0 Å². The number of aryl methyl sites for hydroxylation is 2. The second kappa shape index (κ2) is 8.17. The first kappa shape index (κ1) is 19.7. The molecule has 2 aromatic carbocycles. The van der Waals surface area contributed by atoms with Crippen molar-refractivity contribution in [3.63, 3.8) is 0 Å². The SMILES string of the molecule is CC/C(=C\c1cc(C)c(-c2ccc(NC(C)C)cc2F)cc1C)C(=O)O. The van der Waals surface area contributed by atoms with Crippen LogP contribution in [-0.4, -0.2) is 17.1 Å². The molecule has 0 aliphatic heterocycles. The van der Waals surface area contributed by atoms with Crippen molar-refractivity contribution < 1.29 is 14.3 Å². The van der Waals surface area contributed by atoms with Gasteiger partial charge in [-0.25, -0.2) is 9.18 Å². The lowest BCUT2D eigenvalue weighted by atomic mass is 9.93. The van der Waals surface area contributed by atoms with Crippen LogP contribution in [0.4, 0.5) is 10.1 Å². The predicted octanol–water partition coefficient (Wildman–Crippen LogP) is 5.81. The van der Waals surface area contributed by atoms with Crippen LogP contribution in [0, 0.1) is 19.7 Å². The summed E-state index contributed by atoms with van der Waals surface area (Å²) in [5.41, 5.74) is 5.16. The molecule has 0 amide bonds. The molecule has 0 spiro atoms. The highest BCUT2D eigenvalue weighted by Crippen LogP contribution is 2.31. The normalized spacial score (nSPS) is 11.7. The molecule has 3 nitrogen and oxygen atoms in total. The van der Waals surface area contributed by atoms with Gasteiger partial charge in [-0.2, -0.15) is 0 Å². The van der Waals surface area contributed by atoms with Crippen LogP contribution in [0.3, 0.4) is 0 Å². The number of halogens is 1. The highest BCUT2D eigenvalue weighted by molar-refractivity contribution is 5.92. The third-order valence-electron chi connectivity index (χ3n) is 4.31. The Morgan fingerprint density at radius 3 is 2.38 bits per heavy atom. The number of anilines is 1. The van der Waals surface area contributed by atoms with Gasteiger partial charge >= 0.3 is 5.97 Å². The Hall–Kier alpha value is -2.62. The van der Waals surface area contributed by atoms with Crippen molar-refractivity contribution in [2.24, 2.45) is 0 Å². The number of carbonyl (C=O) groups is 1. The summed E-state index contributed by atoms with van der Waals surface area (Å²) in [5.74, 6) is -1.19. The van der Waals surface area contributed by atoms with E-state index in [1.165, 1.54) is 6.07 Å². The summed E-state index contributed by atoms with van der Waals surface area (Å²) in [7, 11) is 0.